The lowest BCUT2D eigenvalue weighted by atomic mass is 9.95. The number of aliphatic hydroxyl groups excluding tert-OH is 1. The summed E-state index contributed by atoms with van der Waals surface area (Å²) < 4.78 is 1.94. The lowest BCUT2D eigenvalue weighted by Gasteiger charge is -2.32. The van der Waals surface area contributed by atoms with Crippen LogP contribution in [0, 0.1) is 6.92 Å². The zero-order valence-electron chi connectivity index (χ0n) is 16.6. The second-order valence-electron chi connectivity index (χ2n) is 8.24. The SMILES string of the molecule is Cc1cc(N2CCC(c3nnc(CO)n3C)CC2)nc2cc3c(cc12)CCC3. The summed E-state index contributed by atoms with van der Waals surface area (Å²) >= 11 is 0. The van der Waals surface area contributed by atoms with Crippen molar-refractivity contribution in [2.45, 2.75) is 51.6 Å². The summed E-state index contributed by atoms with van der Waals surface area (Å²) in [5.74, 6) is 3.10. The second-order valence-corrected chi connectivity index (χ2v) is 8.24. The van der Waals surface area contributed by atoms with Crippen LogP contribution in [0.25, 0.3) is 10.9 Å². The van der Waals surface area contributed by atoms with Crippen LogP contribution < -0.4 is 4.90 Å². The van der Waals surface area contributed by atoms with Crippen molar-refractivity contribution in [1.29, 1.82) is 0 Å². The normalized spacial score (nSPS) is 17.5. The molecule has 1 aliphatic heterocycles. The molecule has 2 aliphatic rings. The Hall–Kier alpha value is -2.47. The summed E-state index contributed by atoms with van der Waals surface area (Å²) in [6, 6.07) is 6.93. The molecule has 1 fully saturated rings. The van der Waals surface area contributed by atoms with Gasteiger partial charge in [0.1, 0.15) is 18.2 Å². The van der Waals surface area contributed by atoms with Crippen molar-refractivity contribution in [3.8, 4) is 0 Å². The predicted molar refractivity (Wildman–Crippen MR) is 110 cm³/mol. The number of aromatic nitrogens is 4. The van der Waals surface area contributed by atoms with Gasteiger partial charge in [-0.2, -0.15) is 0 Å². The summed E-state index contributed by atoms with van der Waals surface area (Å²) in [6.07, 6.45) is 5.72. The number of aryl methyl sites for hydroxylation is 3. The van der Waals surface area contributed by atoms with E-state index in [1.165, 1.54) is 41.3 Å². The van der Waals surface area contributed by atoms with E-state index < -0.39 is 0 Å². The zero-order valence-corrected chi connectivity index (χ0v) is 16.6. The first-order chi connectivity index (χ1) is 13.6. The van der Waals surface area contributed by atoms with Gasteiger partial charge in [-0.3, -0.25) is 0 Å². The van der Waals surface area contributed by atoms with Crippen molar-refractivity contribution >= 4 is 16.7 Å². The van der Waals surface area contributed by atoms with Crippen LogP contribution in [0.3, 0.4) is 0 Å². The van der Waals surface area contributed by atoms with E-state index in [9.17, 15) is 5.11 Å². The Labute approximate surface area is 165 Å². The quantitative estimate of drug-likeness (QED) is 0.760. The molecule has 0 atom stereocenters. The van der Waals surface area contributed by atoms with Crippen LogP contribution in [0.15, 0.2) is 18.2 Å². The maximum Gasteiger partial charge on any atom is 0.158 e. The fourth-order valence-corrected chi connectivity index (χ4v) is 4.84. The van der Waals surface area contributed by atoms with Crippen LogP contribution in [-0.2, 0) is 26.5 Å². The lowest BCUT2D eigenvalue weighted by Crippen LogP contribution is -2.34. The lowest BCUT2D eigenvalue weighted by molar-refractivity contribution is 0.266. The maximum atomic E-state index is 9.35. The van der Waals surface area contributed by atoms with E-state index in [4.69, 9.17) is 4.98 Å². The molecule has 0 saturated carbocycles. The summed E-state index contributed by atoms with van der Waals surface area (Å²) in [6.45, 7) is 4.08. The molecule has 0 bridgehead atoms. The fraction of sp³-hybridized carbons (Fsp3) is 0.500. The molecule has 1 N–H and O–H groups in total. The van der Waals surface area contributed by atoms with Crippen molar-refractivity contribution in [2.75, 3.05) is 18.0 Å². The van der Waals surface area contributed by atoms with Gasteiger partial charge in [-0.1, -0.05) is 0 Å². The van der Waals surface area contributed by atoms with Gasteiger partial charge in [0.2, 0.25) is 0 Å². The average Bonchev–Trinajstić information content (AvgIpc) is 3.32. The number of hydrogen-bond donors (Lipinski definition) is 1. The van der Waals surface area contributed by atoms with Crippen LogP contribution in [0.1, 0.15) is 53.5 Å². The van der Waals surface area contributed by atoms with E-state index in [0.717, 1.165) is 43.1 Å². The van der Waals surface area contributed by atoms with Gasteiger partial charge in [0, 0.05) is 31.4 Å². The Morgan fingerprint density at radius 1 is 1.07 bits per heavy atom. The number of aliphatic hydroxyl groups is 1. The topological polar surface area (TPSA) is 67.1 Å². The van der Waals surface area contributed by atoms with Gasteiger partial charge in [0.25, 0.3) is 0 Å². The van der Waals surface area contributed by atoms with Crippen molar-refractivity contribution in [3.05, 3.63) is 46.5 Å². The van der Waals surface area contributed by atoms with Crippen molar-refractivity contribution < 1.29 is 5.11 Å². The second kappa shape index (κ2) is 6.85. The van der Waals surface area contributed by atoms with Crippen molar-refractivity contribution in [3.63, 3.8) is 0 Å². The number of piperidine rings is 1. The Morgan fingerprint density at radius 2 is 1.82 bits per heavy atom. The highest BCUT2D eigenvalue weighted by Crippen LogP contribution is 2.33. The van der Waals surface area contributed by atoms with Crippen LogP contribution in [-0.4, -0.2) is 37.9 Å². The molecule has 146 valence electrons. The molecule has 1 saturated heterocycles. The van der Waals surface area contributed by atoms with Crippen LogP contribution >= 0.6 is 0 Å². The molecule has 6 heteroatoms. The summed E-state index contributed by atoms with van der Waals surface area (Å²) in [5.41, 5.74) is 5.45. The number of pyridine rings is 1. The first kappa shape index (κ1) is 17.6. The van der Waals surface area contributed by atoms with E-state index in [1.54, 1.807) is 0 Å². The van der Waals surface area contributed by atoms with Crippen LogP contribution in [0.5, 0.6) is 0 Å². The molecule has 1 aliphatic carbocycles. The largest absolute Gasteiger partial charge is 0.388 e. The van der Waals surface area contributed by atoms with E-state index in [0.29, 0.717) is 11.7 Å². The van der Waals surface area contributed by atoms with Gasteiger partial charge < -0.3 is 14.6 Å². The molecule has 0 unspecified atom stereocenters. The van der Waals surface area contributed by atoms with E-state index >= 15 is 0 Å². The monoisotopic (exact) mass is 377 g/mol. The third-order valence-corrected chi connectivity index (χ3v) is 6.54. The molecule has 0 spiro atoms. The number of fused-ring (bicyclic) bond motifs is 2. The fourth-order valence-electron chi connectivity index (χ4n) is 4.84. The highest BCUT2D eigenvalue weighted by atomic mass is 16.3. The highest BCUT2D eigenvalue weighted by Gasteiger charge is 2.26. The number of hydrogen-bond acceptors (Lipinski definition) is 5. The minimum atomic E-state index is -0.0632. The van der Waals surface area contributed by atoms with E-state index in [-0.39, 0.29) is 6.61 Å². The molecular formula is C22H27N5O. The first-order valence-corrected chi connectivity index (χ1v) is 10.3. The molecular weight excluding hydrogens is 350 g/mol. The Balaban J connectivity index is 1.38. The number of rotatable bonds is 3. The summed E-state index contributed by atoms with van der Waals surface area (Å²) in [5, 5.41) is 19.1. The number of nitrogens with zero attached hydrogens (tertiary/aromatic N) is 5. The van der Waals surface area contributed by atoms with E-state index in [2.05, 4.69) is 40.2 Å². The molecule has 3 aromatic rings. The molecule has 5 rings (SSSR count). The zero-order chi connectivity index (χ0) is 19.3. The van der Waals surface area contributed by atoms with Gasteiger partial charge in [-0.25, -0.2) is 4.98 Å². The minimum Gasteiger partial charge on any atom is -0.388 e. The van der Waals surface area contributed by atoms with Gasteiger partial charge in [0.15, 0.2) is 5.82 Å². The number of anilines is 1. The molecule has 3 heterocycles. The third kappa shape index (κ3) is 2.87. The third-order valence-electron chi connectivity index (χ3n) is 6.54. The van der Waals surface area contributed by atoms with E-state index in [1.807, 2.05) is 11.6 Å². The highest BCUT2D eigenvalue weighted by molar-refractivity contribution is 5.85. The number of benzene rings is 1. The Bertz CT molecular complexity index is 1030. The van der Waals surface area contributed by atoms with Crippen molar-refractivity contribution in [2.24, 2.45) is 7.05 Å². The minimum absolute atomic E-state index is 0.0632. The first-order valence-electron chi connectivity index (χ1n) is 10.3. The maximum absolute atomic E-state index is 9.35. The molecule has 28 heavy (non-hydrogen) atoms. The smallest absolute Gasteiger partial charge is 0.158 e. The molecule has 2 aromatic heterocycles. The molecule has 0 amide bonds. The van der Waals surface area contributed by atoms with Gasteiger partial charge in [-0.05, 0) is 73.9 Å². The molecule has 1 aromatic carbocycles. The summed E-state index contributed by atoms with van der Waals surface area (Å²) in [4.78, 5) is 7.43. The van der Waals surface area contributed by atoms with Gasteiger partial charge in [0.05, 0.1) is 5.52 Å². The molecule has 6 nitrogen and oxygen atoms in total. The predicted octanol–water partition coefficient (Wildman–Crippen LogP) is 3.04. The summed E-state index contributed by atoms with van der Waals surface area (Å²) in [7, 11) is 1.94. The Kier molecular flexibility index (Phi) is 4.31. The molecule has 0 radical (unpaired) electrons. The van der Waals surface area contributed by atoms with Crippen LogP contribution in [0.2, 0.25) is 0 Å². The van der Waals surface area contributed by atoms with Crippen LogP contribution in [0.4, 0.5) is 5.82 Å². The average molecular weight is 377 g/mol. The standard InChI is InChI=1S/C22H27N5O/c1-14-10-20(23-19-12-17-5-3-4-16(17)11-18(14)19)27-8-6-15(7-9-27)22-25-24-21(13-28)26(22)2/h10-12,15,28H,3-9,13H2,1-2H3. The van der Waals surface area contributed by atoms with Crippen molar-refractivity contribution in [1.82, 2.24) is 19.7 Å². The van der Waals surface area contributed by atoms with Gasteiger partial charge >= 0.3 is 0 Å². The Morgan fingerprint density at radius 3 is 2.54 bits per heavy atom. The van der Waals surface area contributed by atoms with Gasteiger partial charge in [-0.15, -0.1) is 10.2 Å².